The number of hydrogen-bond acceptors (Lipinski definition) is 2. The van der Waals surface area contributed by atoms with Crippen molar-refractivity contribution in [3.63, 3.8) is 0 Å². The fourth-order valence-corrected chi connectivity index (χ4v) is 3.86. The zero-order valence-electron chi connectivity index (χ0n) is 17.2. The Balaban J connectivity index is 1.61. The summed E-state index contributed by atoms with van der Waals surface area (Å²) in [5, 5.41) is 3.53. The van der Waals surface area contributed by atoms with Gasteiger partial charge in [-0.2, -0.15) is 0 Å². The first-order valence-corrected chi connectivity index (χ1v) is 10.1. The van der Waals surface area contributed by atoms with Gasteiger partial charge in [-0.15, -0.1) is 0 Å². The highest BCUT2D eigenvalue weighted by Crippen LogP contribution is 2.32. The molecule has 0 radical (unpaired) electrons. The van der Waals surface area contributed by atoms with Crippen LogP contribution >= 0.6 is 0 Å². The zero-order valence-corrected chi connectivity index (χ0v) is 17.2. The highest BCUT2D eigenvalue weighted by molar-refractivity contribution is 5.94. The van der Waals surface area contributed by atoms with Crippen LogP contribution in [-0.2, 0) is 6.42 Å². The third-order valence-corrected chi connectivity index (χ3v) is 5.62. The molecule has 0 saturated heterocycles. The van der Waals surface area contributed by atoms with Gasteiger partial charge in [0.05, 0.1) is 5.56 Å². The van der Waals surface area contributed by atoms with Gasteiger partial charge in [-0.25, -0.2) is 4.39 Å². The fourth-order valence-electron chi connectivity index (χ4n) is 3.86. The van der Waals surface area contributed by atoms with E-state index in [0.717, 1.165) is 17.7 Å². The van der Waals surface area contributed by atoms with Gasteiger partial charge in [0.2, 0.25) is 0 Å². The number of nitrogens with zero attached hydrogens (tertiary/aromatic N) is 1. The van der Waals surface area contributed by atoms with Crippen LogP contribution in [0.2, 0.25) is 0 Å². The summed E-state index contributed by atoms with van der Waals surface area (Å²) in [5.74, 6) is -0.821. The maximum atomic E-state index is 14.2. The number of halogens is 1. The van der Waals surface area contributed by atoms with Gasteiger partial charge in [-0.05, 0) is 35.8 Å². The predicted octanol–water partition coefficient (Wildman–Crippen LogP) is 5.18. The van der Waals surface area contributed by atoms with Gasteiger partial charge in [0, 0.05) is 25.6 Å². The number of carbonyl (C=O) groups is 1. The van der Waals surface area contributed by atoms with E-state index in [4.69, 9.17) is 0 Å². The van der Waals surface area contributed by atoms with Crippen LogP contribution in [0.15, 0.2) is 84.6 Å². The number of rotatable bonds is 5. The molecule has 0 aromatic heterocycles. The van der Waals surface area contributed by atoms with Crippen molar-refractivity contribution in [2.45, 2.75) is 25.9 Å². The van der Waals surface area contributed by atoms with E-state index in [1.807, 2.05) is 18.2 Å². The number of amides is 1. The molecule has 0 bridgehead atoms. The van der Waals surface area contributed by atoms with Gasteiger partial charge in [-0.1, -0.05) is 72.3 Å². The van der Waals surface area contributed by atoms with Gasteiger partial charge < -0.3 is 10.2 Å². The minimum atomic E-state index is -0.497. The van der Waals surface area contributed by atoms with Crippen molar-refractivity contribution in [2.24, 2.45) is 0 Å². The lowest BCUT2D eigenvalue weighted by atomic mass is 9.98. The summed E-state index contributed by atoms with van der Waals surface area (Å²) in [6, 6.07) is 24.8. The molecule has 1 aliphatic heterocycles. The van der Waals surface area contributed by atoms with Crippen LogP contribution in [0.1, 0.15) is 33.5 Å². The minimum Gasteiger partial charge on any atom is -0.368 e. The Morgan fingerprint density at radius 2 is 1.67 bits per heavy atom. The van der Waals surface area contributed by atoms with E-state index in [9.17, 15) is 9.18 Å². The SMILES string of the molecule is Cc1ccc(C2=C(Cc3ccccc3)NC(N(C)C(=O)c3ccccc3F)C2)cc1. The van der Waals surface area contributed by atoms with Gasteiger partial charge in [0.25, 0.3) is 5.91 Å². The Kier molecular flexibility index (Phi) is 5.66. The first kappa shape index (κ1) is 19.9. The van der Waals surface area contributed by atoms with Crippen molar-refractivity contribution in [1.29, 1.82) is 0 Å². The molecule has 1 heterocycles. The molecule has 30 heavy (non-hydrogen) atoms. The average Bonchev–Trinajstić information content (AvgIpc) is 3.18. The normalized spacial score (nSPS) is 15.8. The molecule has 3 aromatic carbocycles. The van der Waals surface area contributed by atoms with Crippen molar-refractivity contribution < 1.29 is 9.18 Å². The monoisotopic (exact) mass is 400 g/mol. The summed E-state index contributed by atoms with van der Waals surface area (Å²) in [6.45, 7) is 2.07. The molecule has 3 nitrogen and oxygen atoms in total. The van der Waals surface area contributed by atoms with E-state index in [2.05, 4.69) is 48.6 Å². The molecule has 1 aliphatic rings. The summed E-state index contributed by atoms with van der Waals surface area (Å²) in [7, 11) is 1.73. The third-order valence-electron chi connectivity index (χ3n) is 5.62. The first-order chi connectivity index (χ1) is 14.5. The number of benzene rings is 3. The molecule has 4 heteroatoms. The maximum absolute atomic E-state index is 14.2. The lowest BCUT2D eigenvalue weighted by molar-refractivity contribution is 0.0717. The lowest BCUT2D eigenvalue weighted by Gasteiger charge is -2.26. The highest BCUT2D eigenvalue weighted by atomic mass is 19.1. The van der Waals surface area contributed by atoms with Crippen molar-refractivity contribution in [2.75, 3.05) is 7.05 Å². The molecule has 0 fully saturated rings. The molecule has 1 unspecified atom stereocenters. The molecular weight excluding hydrogens is 375 g/mol. The van der Waals surface area contributed by atoms with Crippen LogP contribution in [-0.4, -0.2) is 24.0 Å². The molecule has 3 aromatic rings. The quantitative estimate of drug-likeness (QED) is 0.640. The summed E-state index contributed by atoms with van der Waals surface area (Å²) in [5.41, 5.74) is 5.94. The van der Waals surface area contributed by atoms with Crippen LogP contribution < -0.4 is 5.32 Å². The second kappa shape index (κ2) is 8.54. The number of carbonyl (C=O) groups excluding carboxylic acids is 1. The number of nitrogens with one attached hydrogen (secondary N) is 1. The Labute approximate surface area is 176 Å². The second-order valence-electron chi connectivity index (χ2n) is 7.75. The molecule has 0 spiro atoms. The standard InChI is InChI=1S/C26H25FN2O/c1-18-12-14-20(15-13-18)22-17-25(28-24(22)16-19-8-4-3-5-9-19)29(2)26(30)21-10-6-7-11-23(21)27/h3-15,25,28H,16-17H2,1-2H3. The first-order valence-electron chi connectivity index (χ1n) is 10.1. The van der Waals surface area contributed by atoms with E-state index in [1.165, 1.54) is 28.8 Å². The molecule has 0 aliphatic carbocycles. The van der Waals surface area contributed by atoms with Crippen molar-refractivity contribution >= 4 is 11.5 Å². The third kappa shape index (κ3) is 4.13. The molecule has 4 rings (SSSR count). The molecule has 1 amide bonds. The molecule has 0 saturated carbocycles. The summed E-state index contributed by atoms with van der Waals surface area (Å²) in [4.78, 5) is 14.5. The summed E-state index contributed by atoms with van der Waals surface area (Å²) < 4.78 is 14.2. The van der Waals surface area contributed by atoms with Crippen LogP contribution in [0.5, 0.6) is 0 Å². The lowest BCUT2D eigenvalue weighted by Crippen LogP contribution is -2.43. The average molecular weight is 400 g/mol. The zero-order chi connectivity index (χ0) is 21.1. The van der Waals surface area contributed by atoms with Crippen LogP contribution in [0.25, 0.3) is 5.57 Å². The number of hydrogen-bond donors (Lipinski definition) is 1. The highest BCUT2D eigenvalue weighted by Gasteiger charge is 2.30. The Morgan fingerprint density at radius 3 is 2.37 bits per heavy atom. The number of allylic oxidation sites excluding steroid dienone is 1. The van der Waals surface area contributed by atoms with Crippen molar-refractivity contribution in [3.05, 3.63) is 113 Å². The van der Waals surface area contributed by atoms with E-state index >= 15 is 0 Å². The Hall–Kier alpha value is -3.40. The number of aryl methyl sites for hydroxylation is 1. The van der Waals surface area contributed by atoms with Gasteiger partial charge in [0.15, 0.2) is 0 Å². The predicted molar refractivity (Wildman–Crippen MR) is 118 cm³/mol. The molecule has 1 atom stereocenters. The smallest absolute Gasteiger partial charge is 0.258 e. The van der Waals surface area contributed by atoms with E-state index in [1.54, 1.807) is 24.1 Å². The van der Waals surface area contributed by atoms with Crippen LogP contribution in [0, 0.1) is 12.7 Å². The van der Waals surface area contributed by atoms with E-state index in [0.29, 0.717) is 6.42 Å². The van der Waals surface area contributed by atoms with Gasteiger partial charge >= 0.3 is 0 Å². The largest absolute Gasteiger partial charge is 0.368 e. The Bertz CT molecular complexity index is 1070. The molecular formula is C26H25FN2O. The minimum absolute atomic E-state index is 0.0928. The van der Waals surface area contributed by atoms with Crippen LogP contribution in [0.4, 0.5) is 4.39 Å². The van der Waals surface area contributed by atoms with Gasteiger partial charge in [-0.3, -0.25) is 4.79 Å². The van der Waals surface area contributed by atoms with Crippen molar-refractivity contribution in [3.8, 4) is 0 Å². The molecule has 152 valence electrons. The van der Waals surface area contributed by atoms with E-state index in [-0.39, 0.29) is 17.6 Å². The van der Waals surface area contributed by atoms with Gasteiger partial charge in [0.1, 0.15) is 12.0 Å². The van der Waals surface area contributed by atoms with E-state index < -0.39 is 5.82 Å². The van der Waals surface area contributed by atoms with Crippen molar-refractivity contribution in [1.82, 2.24) is 10.2 Å². The van der Waals surface area contributed by atoms with Crippen LogP contribution in [0.3, 0.4) is 0 Å². The fraction of sp³-hybridized carbons (Fsp3) is 0.192. The summed E-state index contributed by atoms with van der Waals surface area (Å²) >= 11 is 0. The topological polar surface area (TPSA) is 32.3 Å². The summed E-state index contributed by atoms with van der Waals surface area (Å²) in [6.07, 6.45) is 1.19. The maximum Gasteiger partial charge on any atom is 0.258 e. The molecule has 1 N–H and O–H groups in total. The second-order valence-corrected chi connectivity index (χ2v) is 7.75. The Morgan fingerprint density at radius 1 is 1.00 bits per heavy atom.